The molecule has 1 aliphatic heterocycles. The van der Waals surface area contributed by atoms with Crippen molar-refractivity contribution < 1.29 is 22.3 Å². The van der Waals surface area contributed by atoms with Crippen LogP contribution in [0.4, 0.5) is 4.39 Å². The molecular formula is C22H28ClFN2O4S. The molecule has 0 radical (unpaired) electrons. The summed E-state index contributed by atoms with van der Waals surface area (Å²) in [6.07, 6.45) is 0.0441. The van der Waals surface area contributed by atoms with Crippen LogP contribution in [0.5, 0.6) is 5.75 Å². The quantitative estimate of drug-likeness (QED) is 0.648. The number of amides is 1. The molecule has 2 aromatic rings. The van der Waals surface area contributed by atoms with Crippen molar-refractivity contribution in [2.45, 2.75) is 42.5 Å². The average molecular weight is 471 g/mol. The van der Waals surface area contributed by atoms with Gasteiger partial charge in [0, 0.05) is 12.1 Å². The average Bonchev–Trinajstić information content (AvgIpc) is 3.18. The molecular weight excluding hydrogens is 443 g/mol. The SMILES string of the molecule is COc1cccc(S(=O)(=O)C2CC(C(=O)NCC(C)C)NC2c2ccccc2F)c1.Cl. The zero-order chi connectivity index (χ0) is 21.9. The van der Waals surface area contributed by atoms with Gasteiger partial charge in [0.05, 0.1) is 29.3 Å². The number of halogens is 2. The van der Waals surface area contributed by atoms with E-state index in [1.165, 1.54) is 25.3 Å². The van der Waals surface area contributed by atoms with Gasteiger partial charge in [-0.1, -0.05) is 38.1 Å². The third-order valence-corrected chi connectivity index (χ3v) is 7.40. The van der Waals surface area contributed by atoms with Gasteiger partial charge in [0.25, 0.3) is 0 Å². The Balaban J connectivity index is 0.00000341. The molecule has 2 aromatic carbocycles. The van der Waals surface area contributed by atoms with Crippen molar-refractivity contribution in [3.63, 3.8) is 0 Å². The Morgan fingerprint density at radius 2 is 1.94 bits per heavy atom. The minimum Gasteiger partial charge on any atom is -0.497 e. The monoisotopic (exact) mass is 470 g/mol. The molecule has 0 saturated carbocycles. The first-order chi connectivity index (χ1) is 14.2. The van der Waals surface area contributed by atoms with Crippen LogP contribution in [0.15, 0.2) is 53.4 Å². The second-order valence-corrected chi connectivity index (χ2v) is 10.0. The third-order valence-electron chi connectivity index (χ3n) is 5.23. The number of benzene rings is 2. The van der Waals surface area contributed by atoms with Crippen LogP contribution in [-0.4, -0.2) is 39.3 Å². The van der Waals surface area contributed by atoms with Crippen LogP contribution >= 0.6 is 12.4 Å². The summed E-state index contributed by atoms with van der Waals surface area (Å²) in [5.41, 5.74) is 0.230. The Kier molecular flexibility index (Phi) is 8.45. The summed E-state index contributed by atoms with van der Waals surface area (Å²) in [7, 11) is -2.41. The van der Waals surface area contributed by atoms with Gasteiger partial charge < -0.3 is 10.1 Å². The van der Waals surface area contributed by atoms with E-state index < -0.39 is 33.0 Å². The largest absolute Gasteiger partial charge is 0.497 e. The molecule has 1 fully saturated rings. The molecule has 3 atom stereocenters. The standard InChI is InChI=1S/C22H27FN2O4S.ClH/c1-14(2)13-24-22(26)19-12-20(21(25-19)17-9-4-5-10-18(17)23)30(27,28)16-8-6-7-15(11-16)29-3;/h4-11,14,19-21,25H,12-13H2,1-3H3,(H,24,26);1H. The Morgan fingerprint density at radius 3 is 2.58 bits per heavy atom. The number of nitrogens with one attached hydrogen (secondary N) is 2. The molecule has 9 heteroatoms. The molecule has 1 saturated heterocycles. The van der Waals surface area contributed by atoms with Gasteiger partial charge in [-0.15, -0.1) is 12.4 Å². The molecule has 31 heavy (non-hydrogen) atoms. The van der Waals surface area contributed by atoms with Crippen LogP contribution in [0.3, 0.4) is 0 Å². The lowest BCUT2D eigenvalue weighted by atomic mass is 10.0. The van der Waals surface area contributed by atoms with Gasteiger partial charge in [-0.25, -0.2) is 12.8 Å². The van der Waals surface area contributed by atoms with Crippen molar-refractivity contribution in [2.75, 3.05) is 13.7 Å². The number of rotatable bonds is 7. The molecule has 1 aliphatic rings. The van der Waals surface area contributed by atoms with Gasteiger partial charge in [-0.05, 0) is 36.6 Å². The smallest absolute Gasteiger partial charge is 0.237 e. The molecule has 3 rings (SSSR count). The molecule has 3 unspecified atom stereocenters. The molecule has 170 valence electrons. The highest BCUT2D eigenvalue weighted by Crippen LogP contribution is 2.37. The first kappa shape index (κ1) is 25.1. The van der Waals surface area contributed by atoms with Crippen molar-refractivity contribution >= 4 is 28.2 Å². The van der Waals surface area contributed by atoms with Crippen LogP contribution in [0, 0.1) is 11.7 Å². The van der Waals surface area contributed by atoms with Gasteiger partial charge in [0.2, 0.25) is 5.91 Å². The lowest BCUT2D eigenvalue weighted by molar-refractivity contribution is -0.123. The molecule has 0 spiro atoms. The number of methoxy groups -OCH3 is 1. The molecule has 2 N–H and O–H groups in total. The number of carbonyl (C=O) groups is 1. The second-order valence-electron chi connectivity index (χ2n) is 7.86. The van der Waals surface area contributed by atoms with Gasteiger partial charge in [-0.3, -0.25) is 10.1 Å². The summed E-state index contributed by atoms with van der Waals surface area (Å²) >= 11 is 0. The Hall–Kier alpha value is -2.16. The summed E-state index contributed by atoms with van der Waals surface area (Å²) in [6, 6.07) is 10.6. The predicted octanol–water partition coefficient (Wildman–Crippen LogP) is 3.27. The number of ether oxygens (including phenoxy) is 1. The van der Waals surface area contributed by atoms with E-state index in [-0.39, 0.29) is 41.1 Å². The van der Waals surface area contributed by atoms with E-state index in [4.69, 9.17) is 4.74 Å². The zero-order valence-corrected chi connectivity index (χ0v) is 19.3. The minimum atomic E-state index is -3.87. The highest BCUT2D eigenvalue weighted by molar-refractivity contribution is 7.92. The van der Waals surface area contributed by atoms with E-state index in [1.807, 2.05) is 13.8 Å². The first-order valence-electron chi connectivity index (χ1n) is 9.90. The van der Waals surface area contributed by atoms with Crippen molar-refractivity contribution in [3.8, 4) is 5.75 Å². The van der Waals surface area contributed by atoms with E-state index >= 15 is 0 Å². The highest BCUT2D eigenvalue weighted by Gasteiger charge is 2.46. The van der Waals surface area contributed by atoms with Crippen LogP contribution in [0.1, 0.15) is 31.9 Å². The summed E-state index contributed by atoms with van der Waals surface area (Å²) in [5.74, 6) is -0.123. The lowest BCUT2D eigenvalue weighted by Crippen LogP contribution is -2.42. The van der Waals surface area contributed by atoms with E-state index in [1.54, 1.807) is 30.3 Å². The Morgan fingerprint density at radius 1 is 1.23 bits per heavy atom. The first-order valence-corrected chi connectivity index (χ1v) is 11.4. The van der Waals surface area contributed by atoms with Crippen LogP contribution in [0.25, 0.3) is 0 Å². The number of sulfone groups is 1. The fraction of sp³-hybridized carbons (Fsp3) is 0.409. The van der Waals surface area contributed by atoms with E-state index in [0.29, 0.717) is 12.3 Å². The van der Waals surface area contributed by atoms with Crippen molar-refractivity contribution in [1.82, 2.24) is 10.6 Å². The van der Waals surface area contributed by atoms with Gasteiger partial charge >= 0.3 is 0 Å². The van der Waals surface area contributed by atoms with Crippen LogP contribution < -0.4 is 15.4 Å². The second kappa shape index (κ2) is 10.4. The fourth-order valence-corrected chi connectivity index (χ4v) is 5.57. The van der Waals surface area contributed by atoms with Crippen LogP contribution in [0.2, 0.25) is 0 Å². The molecule has 0 aromatic heterocycles. The zero-order valence-electron chi connectivity index (χ0n) is 17.7. The van der Waals surface area contributed by atoms with E-state index in [9.17, 15) is 17.6 Å². The number of hydrogen-bond acceptors (Lipinski definition) is 5. The van der Waals surface area contributed by atoms with Crippen molar-refractivity contribution in [2.24, 2.45) is 5.92 Å². The maximum atomic E-state index is 14.6. The topological polar surface area (TPSA) is 84.5 Å². The normalized spacial score (nSPS) is 20.9. The van der Waals surface area contributed by atoms with Gasteiger partial charge in [-0.2, -0.15) is 0 Å². The van der Waals surface area contributed by atoms with Gasteiger partial charge in [0.15, 0.2) is 9.84 Å². The molecule has 0 bridgehead atoms. The van der Waals surface area contributed by atoms with Gasteiger partial charge in [0.1, 0.15) is 11.6 Å². The molecule has 1 amide bonds. The number of hydrogen-bond donors (Lipinski definition) is 2. The van der Waals surface area contributed by atoms with Crippen molar-refractivity contribution in [1.29, 1.82) is 0 Å². The predicted molar refractivity (Wildman–Crippen MR) is 120 cm³/mol. The third kappa shape index (κ3) is 5.56. The van der Waals surface area contributed by atoms with Crippen molar-refractivity contribution in [3.05, 3.63) is 59.9 Å². The Labute approximate surface area is 188 Å². The maximum absolute atomic E-state index is 14.6. The summed E-state index contributed by atoms with van der Waals surface area (Å²) in [4.78, 5) is 12.7. The number of carbonyl (C=O) groups excluding carboxylic acids is 1. The van der Waals surface area contributed by atoms with Crippen LogP contribution in [-0.2, 0) is 14.6 Å². The van der Waals surface area contributed by atoms with E-state index in [0.717, 1.165) is 0 Å². The minimum absolute atomic E-state index is 0. The van der Waals surface area contributed by atoms with E-state index in [2.05, 4.69) is 10.6 Å². The summed E-state index contributed by atoms with van der Waals surface area (Å²) in [6.45, 7) is 4.43. The molecule has 0 aliphatic carbocycles. The summed E-state index contributed by atoms with van der Waals surface area (Å²) in [5, 5.41) is 4.89. The lowest BCUT2D eigenvalue weighted by Gasteiger charge is -2.21. The maximum Gasteiger partial charge on any atom is 0.237 e. The summed E-state index contributed by atoms with van der Waals surface area (Å²) < 4.78 is 46.7. The fourth-order valence-electron chi connectivity index (χ4n) is 3.65. The molecule has 1 heterocycles. The molecule has 6 nitrogen and oxygen atoms in total. The highest BCUT2D eigenvalue weighted by atomic mass is 35.5. The Bertz CT molecular complexity index is 1020.